The number of hydrogen-bond donors (Lipinski definition) is 0. The highest BCUT2D eigenvalue weighted by atomic mass is 32.2. The van der Waals surface area contributed by atoms with Gasteiger partial charge in [-0.2, -0.15) is 0 Å². The first-order valence-corrected chi connectivity index (χ1v) is 5.04. The highest BCUT2D eigenvalue weighted by Gasteiger charge is 2.32. The molecule has 0 N–H and O–H groups in total. The summed E-state index contributed by atoms with van der Waals surface area (Å²) in [5.74, 6) is 2.34. The number of fused-ring (bicyclic) bond motifs is 1. The van der Waals surface area contributed by atoms with Gasteiger partial charge in [-0.05, 0) is 12.1 Å². The third kappa shape index (κ3) is 1.16. The van der Waals surface area contributed by atoms with Crippen molar-refractivity contribution in [3.05, 3.63) is 24.3 Å². The summed E-state index contributed by atoms with van der Waals surface area (Å²) in [5.41, 5.74) is 1.25. The molecule has 1 radical (unpaired) electrons. The number of hydrogen-bond acceptors (Lipinski definition) is 2. The van der Waals surface area contributed by atoms with Gasteiger partial charge in [-0.15, -0.1) is 0 Å². The minimum atomic E-state index is -0.00241. The van der Waals surface area contributed by atoms with E-state index >= 15 is 0 Å². The lowest BCUT2D eigenvalue weighted by Crippen LogP contribution is -2.48. The first-order valence-electron chi connectivity index (χ1n) is 4.16. The maximum Gasteiger partial charge on any atom is 0.317 e. The average molecular weight is 189 g/mol. The van der Waals surface area contributed by atoms with Gasteiger partial charge in [-0.25, -0.2) is 5.26 Å². The fourth-order valence-electron chi connectivity index (χ4n) is 1.58. The van der Waals surface area contributed by atoms with Crippen LogP contribution in [0.1, 0.15) is 0 Å². The van der Waals surface area contributed by atoms with Crippen molar-refractivity contribution in [2.24, 2.45) is 0 Å². The van der Waals surface area contributed by atoms with E-state index in [1.54, 1.807) is 11.6 Å². The maximum absolute atomic E-state index is 8.99. The monoisotopic (exact) mass is 189 g/mol. The molecule has 1 aromatic rings. The zero-order valence-electron chi connectivity index (χ0n) is 7.69. The molecule has 0 saturated carbocycles. The van der Waals surface area contributed by atoms with Crippen molar-refractivity contribution in [2.75, 3.05) is 14.1 Å². The van der Waals surface area contributed by atoms with Crippen molar-refractivity contribution in [1.82, 2.24) is 4.39 Å². The summed E-state index contributed by atoms with van der Waals surface area (Å²) >= 11 is 1.65. The van der Waals surface area contributed by atoms with E-state index in [0.717, 1.165) is 0 Å². The number of quaternary nitrogens is 1. The van der Waals surface area contributed by atoms with Gasteiger partial charge in [-0.1, -0.05) is 18.1 Å². The average Bonchev–Trinajstić information content (AvgIpc) is 2.39. The van der Waals surface area contributed by atoms with Crippen molar-refractivity contribution in [3.63, 3.8) is 0 Å². The SMILES string of the molecule is C[N+]1(C)[B-](C#N)Sc2ccccc21. The Morgan fingerprint density at radius 3 is 2.69 bits per heavy atom. The van der Waals surface area contributed by atoms with Gasteiger partial charge in [0.15, 0.2) is 0 Å². The largest absolute Gasteiger partial charge is 0.485 e. The molecule has 13 heavy (non-hydrogen) atoms. The van der Waals surface area contributed by atoms with Gasteiger partial charge in [0.2, 0.25) is 0 Å². The van der Waals surface area contributed by atoms with Gasteiger partial charge in [0.1, 0.15) is 0 Å². The first-order chi connectivity index (χ1) is 6.16. The van der Waals surface area contributed by atoms with Crippen molar-refractivity contribution >= 4 is 23.4 Å². The van der Waals surface area contributed by atoms with Gasteiger partial charge >= 0.3 is 6.13 Å². The smallest absolute Gasteiger partial charge is 0.317 e. The summed E-state index contributed by atoms with van der Waals surface area (Å²) < 4.78 is 0.664. The van der Waals surface area contributed by atoms with E-state index < -0.39 is 0 Å². The van der Waals surface area contributed by atoms with E-state index in [9.17, 15) is 0 Å². The molecule has 0 unspecified atom stereocenters. The molecule has 0 atom stereocenters. The van der Waals surface area contributed by atoms with Crippen LogP contribution in [-0.4, -0.2) is 20.2 Å². The minimum Gasteiger partial charge on any atom is -0.485 e. The molecule has 2 nitrogen and oxygen atoms in total. The second kappa shape index (κ2) is 2.79. The lowest BCUT2D eigenvalue weighted by molar-refractivity contribution is 0.627. The molecular weight excluding hydrogens is 179 g/mol. The van der Waals surface area contributed by atoms with Crippen LogP contribution in [0.3, 0.4) is 0 Å². The zero-order chi connectivity index (χ0) is 9.47. The highest BCUT2D eigenvalue weighted by molar-refractivity contribution is 8.26. The summed E-state index contributed by atoms with van der Waals surface area (Å²) in [7, 11) is 4.15. The van der Waals surface area contributed by atoms with Crippen LogP contribution in [0.15, 0.2) is 29.2 Å². The third-order valence-electron chi connectivity index (χ3n) is 2.42. The van der Waals surface area contributed by atoms with Crippen molar-refractivity contribution < 1.29 is 0 Å². The molecule has 0 spiro atoms. The Morgan fingerprint density at radius 1 is 1.38 bits per heavy atom. The Kier molecular flexibility index (Phi) is 1.86. The number of nitriles is 1. The van der Waals surface area contributed by atoms with Crippen LogP contribution >= 0.6 is 11.6 Å². The lowest BCUT2D eigenvalue weighted by Gasteiger charge is -2.37. The van der Waals surface area contributed by atoms with Gasteiger partial charge in [0, 0.05) is 19.0 Å². The molecule has 0 aromatic heterocycles. The molecule has 2 rings (SSSR count). The first kappa shape index (κ1) is 8.67. The van der Waals surface area contributed by atoms with Crippen LogP contribution in [0.5, 0.6) is 0 Å². The summed E-state index contributed by atoms with van der Waals surface area (Å²) in [5, 5.41) is 8.99. The quantitative estimate of drug-likeness (QED) is 0.582. The number of rotatable bonds is 0. The molecule has 0 bridgehead atoms. The Labute approximate surface area is 82.7 Å². The topological polar surface area (TPSA) is 23.8 Å². The molecule has 1 aliphatic rings. The van der Waals surface area contributed by atoms with Crippen molar-refractivity contribution in [1.29, 1.82) is 5.26 Å². The van der Waals surface area contributed by atoms with E-state index in [-0.39, 0.29) is 6.13 Å². The van der Waals surface area contributed by atoms with Gasteiger partial charge in [0.25, 0.3) is 0 Å². The second-order valence-corrected chi connectivity index (χ2v) is 4.73. The molecule has 0 saturated heterocycles. The standard InChI is InChI=1S/C9H10BN2S/c1-12(2)8-5-3-4-6-9(8)13-10(12)7-11/h3-6H,1-2H3. The second-order valence-electron chi connectivity index (χ2n) is 3.61. The predicted molar refractivity (Wildman–Crippen MR) is 57.3 cm³/mol. The van der Waals surface area contributed by atoms with E-state index in [1.807, 2.05) is 12.1 Å². The van der Waals surface area contributed by atoms with Crippen LogP contribution in [0.4, 0.5) is 5.69 Å². The van der Waals surface area contributed by atoms with E-state index in [4.69, 9.17) is 5.26 Å². The summed E-state index contributed by atoms with van der Waals surface area (Å²) in [6.07, 6.45) is -0.00241. The Morgan fingerprint density at radius 2 is 2.08 bits per heavy atom. The molecule has 1 aromatic carbocycles. The molecule has 0 aliphatic carbocycles. The Bertz CT molecular complexity index is 383. The van der Waals surface area contributed by atoms with E-state index in [0.29, 0.717) is 4.39 Å². The van der Waals surface area contributed by atoms with Gasteiger partial charge < -0.3 is 4.39 Å². The van der Waals surface area contributed by atoms with Gasteiger partial charge in [0.05, 0.1) is 5.69 Å². The summed E-state index contributed by atoms with van der Waals surface area (Å²) in [4.78, 5) is 1.24. The number of benzene rings is 1. The Hall–Kier alpha value is -0.915. The van der Waals surface area contributed by atoms with Crippen LogP contribution in [-0.2, 0) is 0 Å². The van der Waals surface area contributed by atoms with Crippen LogP contribution < -0.4 is 4.39 Å². The highest BCUT2D eigenvalue weighted by Crippen LogP contribution is 2.43. The summed E-state index contributed by atoms with van der Waals surface area (Å²) in [6, 6.07) is 8.22. The minimum absolute atomic E-state index is 0.00241. The molecule has 65 valence electrons. The molecule has 1 heterocycles. The number of nitrogens with zero attached hydrogens (tertiary/aromatic N) is 2. The number of para-hydroxylation sites is 1. The predicted octanol–water partition coefficient (Wildman–Crippen LogP) is 1.91. The molecular formula is C9H10BN2S. The van der Waals surface area contributed by atoms with E-state index in [2.05, 4.69) is 32.2 Å². The van der Waals surface area contributed by atoms with Crippen molar-refractivity contribution in [3.8, 4) is 5.97 Å². The van der Waals surface area contributed by atoms with Crippen molar-refractivity contribution in [2.45, 2.75) is 4.90 Å². The van der Waals surface area contributed by atoms with Gasteiger partial charge in [-0.3, -0.25) is 11.6 Å². The van der Waals surface area contributed by atoms with E-state index in [1.165, 1.54) is 10.6 Å². The van der Waals surface area contributed by atoms with Crippen LogP contribution in [0.2, 0.25) is 0 Å². The normalized spacial score (nSPS) is 19.5. The summed E-state index contributed by atoms with van der Waals surface area (Å²) in [6.45, 7) is 0. The molecule has 1 aliphatic heterocycles. The van der Waals surface area contributed by atoms with Crippen LogP contribution in [0, 0.1) is 11.2 Å². The Balaban J connectivity index is 2.55. The third-order valence-corrected chi connectivity index (χ3v) is 3.88. The molecule has 0 fully saturated rings. The zero-order valence-corrected chi connectivity index (χ0v) is 8.51. The lowest BCUT2D eigenvalue weighted by atomic mass is 9.88. The fourth-order valence-corrected chi connectivity index (χ4v) is 2.83. The molecule has 4 heteroatoms. The van der Waals surface area contributed by atoms with Crippen LogP contribution in [0.25, 0.3) is 0 Å². The molecule has 0 amide bonds. The fraction of sp³-hybridized carbons (Fsp3) is 0.222. The maximum atomic E-state index is 8.99.